The molecule has 1 spiro atoms. The molecule has 7 aliphatic rings. The van der Waals surface area contributed by atoms with Crippen molar-refractivity contribution in [2.75, 3.05) is 13.7 Å². The number of ether oxygens (including phenoxy) is 11. The zero-order chi connectivity index (χ0) is 50.1. The van der Waals surface area contributed by atoms with Crippen molar-refractivity contribution in [2.45, 2.75) is 197 Å². The van der Waals surface area contributed by atoms with Crippen LogP contribution in [0, 0.1) is 17.8 Å². The first-order chi connectivity index (χ1) is 33.4. The highest BCUT2D eigenvalue weighted by Gasteiger charge is 2.56. The van der Waals surface area contributed by atoms with Crippen molar-refractivity contribution in [3.8, 4) is 5.75 Å². The van der Waals surface area contributed by atoms with E-state index in [1.54, 1.807) is 7.11 Å². The minimum absolute atomic E-state index is 0.0262. The van der Waals surface area contributed by atoms with Gasteiger partial charge in [0.2, 0.25) is 0 Å². The number of esters is 2. The van der Waals surface area contributed by atoms with Crippen molar-refractivity contribution in [1.29, 1.82) is 0 Å². The quantitative estimate of drug-likeness (QED) is 0.135. The first-order valence-electron chi connectivity index (χ1n) is 25.4. The summed E-state index contributed by atoms with van der Waals surface area (Å²) in [6.07, 6.45) is 4.82. The molecule has 0 aromatic heterocycles. The lowest BCUT2D eigenvalue weighted by Gasteiger charge is -2.53. The minimum Gasteiger partial charge on any atom is -0.497 e. The van der Waals surface area contributed by atoms with Crippen LogP contribution < -0.4 is 4.74 Å². The van der Waals surface area contributed by atoms with E-state index < -0.39 is 72.3 Å². The van der Waals surface area contributed by atoms with E-state index in [9.17, 15) is 14.7 Å². The summed E-state index contributed by atoms with van der Waals surface area (Å²) in [6.45, 7) is 29.3. The number of carbonyl (C=O) groups is 2. The molecule has 0 aliphatic carbocycles. The number of hydrogen-bond donors (Lipinski definition) is 1. The zero-order valence-electron chi connectivity index (χ0n) is 42.2. The fraction of sp³-hybridized carbons (Fsp3) is 0.643. The van der Waals surface area contributed by atoms with Crippen LogP contribution in [0.3, 0.4) is 0 Å². The third-order valence-electron chi connectivity index (χ3n) is 15.5. The van der Waals surface area contributed by atoms with Crippen molar-refractivity contribution in [1.82, 2.24) is 0 Å². The molecule has 384 valence electrons. The van der Waals surface area contributed by atoms with Gasteiger partial charge in [-0.25, -0.2) is 4.79 Å². The van der Waals surface area contributed by atoms with Gasteiger partial charge in [0.15, 0.2) is 17.7 Å². The van der Waals surface area contributed by atoms with E-state index in [1.807, 2.05) is 64.1 Å². The number of methoxy groups -OCH3 is 1. The average Bonchev–Trinajstić information content (AvgIpc) is 3.95. The van der Waals surface area contributed by atoms with Gasteiger partial charge in [0.05, 0.1) is 44.2 Å². The summed E-state index contributed by atoms with van der Waals surface area (Å²) in [5, 5.41) is 10.1. The summed E-state index contributed by atoms with van der Waals surface area (Å²) < 4.78 is 72.6. The predicted molar refractivity (Wildman–Crippen MR) is 260 cm³/mol. The van der Waals surface area contributed by atoms with Crippen LogP contribution in [0.2, 0.25) is 0 Å². The molecule has 7 heterocycles. The van der Waals surface area contributed by atoms with Crippen LogP contribution in [0.25, 0.3) is 0 Å². The van der Waals surface area contributed by atoms with Crippen LogP contribution in [0.15, 0.2) is 97.2 Å². The molecular weight excluding hydrogens is 897 g/mol. The van der Waals surface area contributed by atoms with E-state index in [0.29, 0.717) is 55.4 Å². The molecule has 1 N–H and O–H groups in total. The number of benzene rings is 1. The molecule has 7 aliphatic heterocycles. The van der Waals surface area contributed by atoms with Crippen molar-refractivity contribution in [3.63, 3.8) is 0 Å². The summed E-state index contributed by atoms with van der Waals surface area (Å²) in [5.74, 6) is -3.07. The molecule has 70 heavy (non-hydrogen) atoms. The Hall–Kier alpha value is -3.96. The molecule has 0 radical (unpaired) electrons. The summed E-state index contributed by atoms with van der Waals surface area (Å²) in [4.78, 5) is 27.8. The van der Waals surface area contributed by atoms with Crippen molar-refractivity contribution < 1.29 is 66.8 Å². The van der Waals surface area contributed by atoms with Crippen LogP contribution in [0.5, 0.6) is 5.75 Å². The fourth-order valence-corrected chi connectivity index (χ4v) is 11.3. The summed E-state index contributed by atoms with van der Waals surface area (Å²) in [5.41, 5.74) is 3.54. The Morgan fingerprint density at radius 3 is 2.34 bits per heavy atom. The lowest BCUT2D eigenvalue weighted by atomic mass is 9.78. The number of hydrogen-bond acceptors (Lipinski definition) is 14. The molecule has 0 saturated carbocycles. The van der Waals surface area contributed by atoms with Gasteiger partial charge >= 0.3 is 11.9 Å². The molecule has 9 bridgehead atoms. The standard InChI is InChI=1S/C56H76O14/c1-31(26-27-57)35(5)50(61-30-39-19-21-40(60-11)22-20-39)46-16-13-17-47-51(69-55(9,10)67-47)37(7)41-24-25-44(63-41)42-14-12-15-43(64-42)45-23-18-34(4)56(68-45)29-33(3)36(6)52(70-56)53-48(62-38(8)58)28-32(2)49(66-53)54(59)65-46/h12-14,16,19-22,31,33,35,41-53,57H,2,4,6-7,15,17-18,23-30H2,1,3,5,8-11H3/b16-13-/t31-,33+,35+,41-,42+,43-,44-,45-,46-,47+,48-,49+,50+,51+,52+,53-,56?/m0/s1. The van der Waals surface area contributed by atoms with Gasteiger partial charge in [-0.05, 0) is 123 Å². The Labute approximate surface area is 414 Å². The Balaban J connectivity index is 1.18. The SMILES string of the molecule is C=C1C[C@H](OC(C)=O)[C@@H]2O[C@H]1C(=O)O[C@H]([C@H](OCc1ccc(OC)cc1)[C@H](C)[C@@H](C)CCO)/C=C\C[C@H]1OC(C)(C)O[C@@H]1C(=C)[C@@H]1CC[C@H](O1)[C@H]1C=CC[C@H](O1)[C@@H]1CCC(=C)C3(C[C@@H](C)C(=C)[C@H]2O3)O1. The van der Waals surface area contributed by atoms with Gasteiger partial charge < -0.3 is 57.2 Å². The molecule has 8 rings (SSSR count). The van der Waals surface area contributed by atoms with Crippen molar-refractivity contribution in [2.24, 2.45) is 17.8 Å². The molecule has 5 saturated heterocycles. The second-order valence-electron chi connectivity index (χ2n) is 21.0. The lowest BCUT2D eigenvalue weighted by molar-refractivity contribution is -0.316. The average molecular weight is 973 g/mol. The first-order valence-corrected chi connectivity index (χ1v) is 25.4. The number of cyclic esters (lactones) is 1. The molecule has 5 fully saturated rings. The molecule has 1 aromatic carbocycles. The topological polar surface area (TPSA) is 156 Å². The number of carbonyl (C=O) groups excluding carboxylic acids is 2. The maximum absolute atomic E-state index is 15.0. The number of aliphatic hydroxyl groups excluding tert-OH is 1. The Kier molecular flexibility index (Phi) is 16.5. The summed E-state index contributed by atoms with van der Waals surface area (Å²) in [7, 11) is 1.62. The van der Waals surface area contributed by atoms with Gasteiger partial charge in [0.1, 0.15) is 48.5 Å². The van der Waals surface area contributed by atoms with Gasteiger partial charge in [-0.2, -0.15) is 0 Å². The number of aliphatic hydroxyl groups is 1. The number of fused-ring (bicyclic) bond motifs is 12. The summed E-state index contributed by atoms with van der Waals surface area (Å²) >= 11 is 0. The van der Waals surface area contributed by atoms with Crippen LogP contribution in [-0.4, -0.2) is 122 Å². The highest BCUT2D eigenvalue weighted by Crippen LogP contribution is 2.49. The fourth-order valence-electron chi connectivity index (χ4n) is 11.3. The monoisotopic (exact) mass is 973 g/mol. The van der Waals surface area contributed by atoms with Gasteiger partial charge in [-0.3, -0.25) is 4.79 Å². The van der Waals surface area contributed by atoms with Crippen LogP contribution >= 0.6 is 0 Å². The van der Waals surface area contributed by atoms with Crippen molar-refractivity contribution >= 4 is 11.9 Å². The Morgan fingerprint density at radius 2 is 1.61 bits per heavy atom. The van der Waals surface area contributed by atoms with Gasteiger partial charge in [-0.15, -0.1) is 0 Å². The predicted octanol–water partition coefficient (Wildman–Crippen LogP) is 8.50. The highest BCUT2D eigenvalue weighted by atomic mass is 16.8. The Morgan fingerprint density at radius 1 is 0.871 bits per heavy atom. The van der Waals surface area contributed by atoms with E-state index in [4.69, 9.17) is 52.1 Å². The molecule has 17 atom stereocenters. The normalized spacial score (nSPS) is 38.5. The zero-order valence-corrected chi connectivity index (χ0v) is 42.2. The molecule has 1 aromatic rings. The van der Waals surface area contributed by atoms with Crippen LogP contribution in [-0.2, 0) is 63.6 Å². The van der Waals surface area contributed by atoms with E-state index in [1.165, 1.54) is 6.92 Å². The summed E-state index contributed by atoms with van der Waals surface area (Å²) in [6, 6.07) is 7.59. The van der Waals surface area contributed by atoms with Crippen LogP contribution in [0.1, 0.15) is 105 Å². The molecule has 14 heteroatoms. The maximum Gasteiger partial charge on any atom is 0.340 e. The number of rotatable bonds is 10. The lowest BCUT2D eigenvalue weighted by Crippen LogP contribution is -2.60. The Bertz CT molecular complexity index is 2150. The highest BCUT2D eigenvalue weighted by molar-refractivity contribution is 5.79. The second kappa shape index (κ2) is 22.0. The largest absolute Gasteiger partial charge is 0.497 e. The third kappa shape index (κ3) is 11.5. The molecular formula is C56H76O14. The maximum atomic E-state index is 15.0. The van der Waals surface area contributed by atoms with E-state index in [2.05, 4.69) is 45.4 Å². The van der Waals surface area contributed by atoms with Gasteiger partial charge in [0, 0.05) is 26.4 Å². The minimum atomic E-state index is -1.29. The first kappa shape index (κ1) is 52.4. The van der Waals surface area contributed by atoms with Gasteiger partial charge in [0.25, 0.3) is 0 Å². The van der Waals surface area contributed by atoms with Crippen LogP contribution in [0.4, 0.5) is 0 Å². The van der Waals surface area contributed by atoms with Crippen molar-refractivity contribution in [3.05, 3.63) is 103 Å². The van der Waals surface area contributed by atoms with E-state index >= 15 is 0 Å². The molecule has 14 nitrogen and oxygen atoms in total. The smallest absolute Gasteiger partial charge is 0.340 e. The van der Waals surface area contributed by atoms with E-state index in [0.717, 1.165) is 29.6 Å². The second-order valence-corrected chi connectivity index (χ2v) is 21.0. The molecule has 1 unspecified atom stereocenters. The molecule has 0 amide bonds. The van der Waals surface area contributed by atoms with Gasteiger partial charge in [-0.1, -0.05) is 77.4 Å². The van der Waals surface area contributed by atoms with E-state index in [-0.39, 0.29) is 67.9 Å². The third-order valence-corrected chi connectivity index (χ3v) is 15.5.